The maximum absolute atomic E-state index is 13.1. The second-order valence-corrected chi connectivity index (χ2v) is 6.87. The van der Waals surface area contributed by atoms with Crippen LogP contribution in [0.2, 0.25) is 0 Å². The first-order chi connectivity index (χ1) is 13.2. The summed E-state index contributed by atoms with van der Waals surface area (Å²) < 4.78 is 5.65. The van der Waals surface area contributed by atoms with E-state index in [1.807, 2.05) is 55.5 Å². The van der Waals surface area contributed by atoms with E-state index in [0.717, 1.165) is 36.1 Å². The van der Waals surface area contributed by atoms with Gasteiger partial charge in [-0.2, -0.15) is 0 Å². The lowest BCUT2D eigenvalue weighted by molar-refractivity contribution is -0.124. The molecule has 0 spiro atoms. The molecule has 1 fully saturated rings. The third-order valence-electron chi connectivity index (χ3n) is 5.17. The van der Waals surface area contributed by atoms with Crippen molar-refractivity contribution in [3.8, 4) is 11.8 Å². The average molecular weight is 359 g/mol. The van der Waals surface area contributed by atoms with Crippen LogP contribution in [-0.4, -0.2) is 15.9 Å². The second-order valence-electron chi connectivity index (χ2n) is 6.87. The first kappa shape index (κ1) is 17.2. The van der Waals surface area contributed by atoms with Crippen LogP contribution >= 0.6 is 0 Å². The van der Waals surface area contributed by atoms with Gasteiger partial charge in [0.1, 0.15) is 5.75 Å². The number of aromatic nitrogens is 2. The van der Waals surface area contributed by atoms with E-state index < -0.39 is 5.41 Å². The molecule has 0 unspecified atom stereocenters. The van der Waals surface area contributed by atoms with Crippen molar-refractivity contribution >= 4 is 11.6 Å². The molecule has 1 saturated carbocycles. The highest BCUT2D eigenvalue weighted by molar-refractivity contribution is 6.00. The Morgan fingerprint density at radius 1 is 1.04 bits per heavy atom. The third-order valence-corrected chi connectivity index (χ3v) is 5.17. The topological polar surface area (TPSA) is 64.1 Å². The Morgan fingerprint density at radius 3 is 2.41 bits per heavy atom. The lowest BCUT2D eigenvalue weighted by atomic mass is 9.64. The molecule has 3 aromatic rings. The molecule has 1 aliphatic rings. The number of rotatable bonds is 5. The quantitative estimate of drug-likeness (QED) is 0.721. The molecule has 1 aromatic heterocycles. The Labute approximate surface area is 158 Å². The summed E-state index contributed by atoms with van der Waals surface area (Å²) in [5.74, 6) is 0.696. The van der Waals surface area contributed by atoms with E-state index in [1.165, 1.54) is 0 Å². The van der Waals surface area contributed by atoms with Crippen LogP contribution in [0.5, 0.6) is 11.8 Å². The molecule has 1 heterocycles. The number of anilines is 1. The van der Waals surface area contributed by atoms with Crippen molar-refractivity contribution in [1.82, 2.24) is 9.97 Å². The van der Waals surface area contributed by atoms with Crippen molar-refractivity contribution in [1.29, 1.82) is 0 Å². The fourth-order valence-electron chi connectivity index (χ4n) is 3.46. The van der Waals surface area contributed by atoms with Crippen LogP contribution in [0.3, 0.4) is 0 Å². The van der Waals surface area contributed by atoms with Gasteiger partial charge in [0.2, 0.25) is 5.91 Å². The first-order valence-electron chi connectivity index (χ1n) is 9.10. The molecule has 0 radical (unpaired) electrons. The molecule has 27 heavy (non-hydrogen) atoms. The fourth-order valence-corrected chi connectivity index (χ4v) is 3.46. The van der Waals surface area contributed by atoms with Crippen LogP contribution in [-0.2, 0) is 10.2 Å². The van der Waals surface area contributed by atoms with E-state index in [0.29, 0.717) is 11.8 Å². The Morgan fingerprint density at radius 2 is 1.78 bits per heavy atom. The van der Waals surface area contributed by atoms with Gasteiger partial charge < -0.3 is 10.1 Å². The van der Waals surface area contributed by atoms with Crippen molar-refractivity contribution in [2.24, 2.45) is 0 Å². The summed E-state index contributed by atoms with van der Waals surface area (Å²) in [6, 6.07) is 17.6. The molecule has 1 amide bonds. The summed E-state index contributed by atoms with van der Waals surface area (Å²) >= 11 is 0. The summed E-state index contributed by atoms with van der Waals surface area (Å²) in [6.45, 7) is 1.95. The number of ether oxygens (including phenoxy) is 1. The van der Waals surface area contributed by atoms with Crippen molar-refractivity contribution in [3.05, 3.63) is 78.1 Å². The van der Waals surface area contributed by atoms with Crippen LogP contribution in [0.4, 0.5) is 5.69 Å². The van der Waals surface area contributed by atoms with Gasteiger partial charge >= 0.3 is 6.01 Å². The van der Waals surface area contributed by atoms with Gasteiger partial charge in [0, 0.05) is 18.1 Å². The number of hydrogen-bond acceptors (Lipinski definition) is 4. The lowest BCUT2D eigenvalue weighted by Gasteiger charge is -2.40. The smallest absolute Gasteiger partial charge is 0.321 e. The van der Waals surface area contributed by atoms with Gasteiger partial charge in [-0.25, -0.2) is 9.97 Å². The Hall–Kier alpha value is -3.21. The number of nitrogens with one attached hydrogen (secondary N) is 1. The van der Waals surface area contributed by atoms with Crippen LogP contribution in [0.15, 0.2) is 67.0 Å². The number of carbonyl (C=O) groups excluding carboxylic acids is 1. The zero-order valence-electron chi connectivity index (χ0n) is 15.2. The minimum atomic E-state index is -0.416. The second kappa shape index (κ2) is 7.19. The zero-order valence-corrected chi connectivity index (χ0v) is 15.2. The molecule has 0 atom stereocenters. The van der Waals surface area contributed by atoms with Gasteiger partial charge in [0.05, 0.1) is 5.41 Å². The zero-order chi connectivity index (χ0) is 18.7. The molecular formula is C22H21N3O2. The molecular weight excluding hydrogens is 338 g/mol. The Bertz CT molecular complexity index is 938. The number of nitrogens with zero attached hydrogens (tertiary/aromatic N) is 2. The number of carbonyl (C=O) groups is 1. The Balaban J connectivity index is 1.51. The highest BCUT2D eigenvalue weighted by Gasteiger charge is 2.45. The standard InChI is InChI=1S/C22H21N3O2/c1-16-15-18(27-21-23-13-6-14-24-21)9-10-19(16)25-20(26)22(11-5-12-22)17-7-3-2-4-8-17/h2-4,6-10,13-15H,5,11-12H2,1H3,(H,25,26). The van der Waals surface area contributed by atoms with Crippen molar-refractivity contribution in [2.75, 3.05) is 5.32 Å². The summed E-state index contributed by atoms with van der Waals surface area (Å²) in [7, 11) is 0. The molecule has 2 aromatic carbocycles. The van der Waals surface area contributed by atoms with E-state index in [1.54, 1.807) is 18.5 Å². The molecule has 1 aliphatic carbocycles. The summed E-state index contributed by atoms with van der Waals surface area (Å²) in [5.41, 5.74) is 2.40. The van der Waals surface area contributed by atoms with Crippen LogP contribution < -0.4 is 10.1 Å². The van der Waals surface area contributed by atoms with Crippen molar-refractivity contribution in [2.45, 2.75) is 31.6 Å². The van der Waals surface area contributed by atoms with Gasteiger partial charge in [-0.05, 0) is 55.2 Å². The van der Waals surface area contributed by atoms with Gasteiger partial charge in [-0.1, -0.05) is 36.8 Å². The predicted octanol–water partition coefficient (Wildman–Crippen LogP) is 4.64. The number of amides is 1. The Kier molecular flexibility index (Phi) is 4.59. The first-order valence-corrected chi connectivity index (χ1v) is 9.10. The van der Waals surface area contributed by atoms with Crippen LogP contribution in [0, 0.1) is 6.92 Å². The fraction of sp³-hybridized carbons (Fsp3) is 0.227. The highest BCUT2D eigenvalue weighted by Crippen LogP contribution is 2.44. The van der Waals surface area contributed by atoms with Gasteiger partial charge in [0.25, 0.3) is 0 Å². The molecule has 5 nitrogen and oxygen atoms in total. The van der Waals surface area contributed by atoms with Gasteiger partial charge in [-0.3, -0.25) is 4.79 Å². The van der Waals surface area contributed by atoms with E-state index >= 15 is 0 Å². The normalized spacial score (nSPS) is 14.9. The number of benzene rings is 2. The molecule has 1 N–H and O–H groups in total. The molecule has 5 heteroatoms. The molecule has 4 rings (SSSR count). The van der Waals surface area contributed by atoms with Crippen LogP contribution in [0.1, 0.15) is 30.4 Å². The van der Waals surface area contributed by atoms with E-state index in [-0.39, 0.29) is 5.91 Å². The highest BCUT2D eigenvalue weighted by atomic mass is 16.5. The molecule has 0 saturated heterocycles. The number of aryl methyl sites for hydroxylation is 1. The SMILES string of the molecule is Cc1cc(Oc2ncccn2)ccc1NC(=O)C1(c2ccccc2)CCC1. The maximum atomic E-state index is 13.1. The summed E-state index contributed by atoms with van der Waals surface area (Å²) in [4.78, 5) is 21.2. The largest absolute Gasteiger partial charge is 0.424 e. The molecule has 0 aliphatic heterocycles. The maximum Gasteiger partial charge on any atom is 0.321 e. The average Bonchev–Trinajstić information content (AvgIpc) is 2.65. The molecule has 136 valence electrons. The number of hydrogen-bond donors (Lipinski definition) is 1. The van der Waals surface area contributed by atoms with Crippen LogP contribution in [0.25, 0.3) is 0 Å². The van der Waals surface area contributed by atoms with E-state index in [9.17, 15) is 4.79 Å². The monoisotopic (exact) mass is 359 g/mol. The molecule has 0 bridgehead atoms. The summed E-state index contributed by atoms with van der Waals surface area (Å²) in [5, 5.41) is 3.12. The van der Waals surface area contributed by atoms with Gasteiger partial charge in [-0.15, -0.1) is 0 Å². The van der Waals surface area contributed by atoms with Crippen molar-refractivity contribution < 1.29 is 9.53 Å². The predicted molar refractivity (Wildman–Crippen MR) is 104 cm³/mol. The van der Waals surface area contributed by atoms with Gasteiger partial charge in [0.15, 0.2) is 0 Å². The third kappa shape index (κ3) is 3.40. The summed E-state index contributed by atoms with van der Waals surface area (Å²) in [6.07, 6.45) is 6.10. The minimum absolute atomic E-state index is 0.0584. The lowest BCUT2D eigenvalue weighted by Crippen LogP contribution is -2.46. The van der Waals surface area contributed by atoms with E-state index in [4.69, 9.17) is 4.74 Å². The van der Waals surface area contributed by atoms with Crippen molar-refractivity contribution in [3.63, 3.8) is 0 Å². The van der Waals surface area contributed by atoms with E-state index in [2.05, 4.69) is 15.3 Å². The minimum Gasteiger partial charge on any atom is -0.424 e.